The monoisotopic (exact) mass is 206 g/mol. The van der Waals surface area contributed by atoms with E-state index < -0.39 is 0 Å². The summed E-state index contributed by atoms with van der Waals surface area (Å²) in [4.78, 5) is 0. The third-order valence-corrected chi connectivity index (χ3v) is 4.14. The van der Waals surface area contributed by atoms with E-state index in [4.69, 9.17) is 0 Å². The van der Waals surface area contributed by atoms with Crippen molar-refractivity contribution < 1.29 is 5.11 Å². The fourth-order valence-corrected chi connectivity index (χ4v) is 3.47. The van der Waals surface area contributed by atoms with Crippen molar-refractivity contribution in [1.29, 1.82) is 0 Å². The van der Waals surface area contributed by atoms with Gasteiger partial charge in [-0.1, -0.05) is 23.5 Å². The van der Waals surface area contributed by atoms with E-state index in [9.17, 15) is 5.11 Å². The van der Waals surface area contributed by atoms with Crippen molar-refractivity contribution in [2.24, 2.45) is 0 Å². The Balaban J connectivity index is 2.64. The molecule has 0 amide bonds. The lowest BCUT2D eigenvalue weighted by molar-refractivity contribution is 0.491. The van der Waals surface area contributed by atoms with Crippen LogP contribution in [0.25, 0.3) is 20.2 Å². The van der Waals surface area contributed by atoms with Crippen LogP contribution in [-0.4, -0.2) is 5.11 Å². The van der Waals surface area contributed by atoms with Gasteiger partial charge in [0.05, 0.1) is 9.40 Å². The van der Waals surface area contributed by atoms with E-state index >= 15 is 0 Å². The molecule has 3 heteroatoms. The number of thiophene rings is 2. The lowest BCUT2D eigenvalue weighted by Gasteiger charge is -1.89. The maximum atomic E-state index is 9.38. The smallest absolute Gasteiger partial charge is 0.172 e. The molecule has 3 rings (SSSR count). The third-order valence-electron chi connectivity index (χ3n) is 2.09. The van der Waals surface area contributed by atoms with Crippen molar-refractivity contribution in [3.8, 4) is 5.06 Å². The van der Waals surface area contributed by atoms with Gasteiger partial charge in [0.1, 0.15) is 0 Å². The van der Waals surface area contributed by atoms with E-state index in [1.807, 2.05) is 6.07 Å². The maximum Gasteiger partial charge on any atom is 0.172 e. The molecule has 0 radical (unpaired) electrons. The predicted octanol–water partition coefficient (Wildman–Crippen LogP) is 3.82. The van der Waals surface area contributed by atoms with Gasteiger partial charge >= 0.3 is 0 Å². The summed E-state index contributed by atoms with van der Waals surface area (Å²) in [7, 11) is 0. The average molecular weight is 206 g/mol. The minimum Gasteiger partial charge on any atom is -0.499 e. The summed E-state index contributed by atoms with van der Waals surface area (Å²) >= 11 is 3.18. The quantitative estimate of drug-likeness (QED) is 0.592. The van der Waals surface area contributed by atoms with Crippen molar-refractivity contribution >= 4 is 42.8 Å². The van der Waals surface area contributed by atoms with E-state index in [0.29, 0.717) is 5.06 Å². The molecule has 13 heavy (non-hydrogen) atoms. The first kappa shape index (κ1) is 7.35. The molecule has 3 aromatic rings. The standard InChI is InChI=1S/C10H6OS2/c11-8-5-7-2-1-6-3-4-12-9(6)10(7)13-8/h1-5,11H. The normalized spacial score (nSPS) is 11.4. The Hall–Kier alpha value is -1.06. The van der Waals surface area contributed by atoms with Gasteiger partial charge in [-0.3, -0.25) is 0 Å². The first-order valence-electron chi connectivity index (χ1n) is 3.93. The Bertz CT molecular complexity index is 577. The number of rotatable bonds is 0. The van der Waals surface area contributed by atoms with Gasteiger partial charge in [0.25, 0.3) is 0 Å². The molecule has 0 unspecified atom stereocenters. The number of hydrogen-bond donors (Lipinski definition) is 1. The predicted molar refractivity (Wildman–Crippen MR) is 58.9 cm³/mol. The van der Waals surface area contributed by atoms with Crippen molar-refractivity contribution in [3.63, 3.8) is 0 Å². The zero-order chi connectivity index (χ0) is 8.84. The Morgan fingerprint density at radius 3 is 2.77 bits per heavy atom. The molecule has 0 saturated heterocycles. The molecular weight excluding hydrogens is 200 g/mol. The topological polar surface area (TPSA) is 20.2 Å². The summed E-state index contributed by atoms with van der Waals surface area (Å²) in [6, 6.07) is 8.08. The molecule has 2 aromatic heterocycles. The van der Waals surface area contributed by atoms with Crippen LogP contribution in [0.1, 0.15) is 0 Å². The van der Waals surface area contributed by atoms with Gasteiger partial charge in [-0.2, -0.15) is 0 Å². The second kappa shape index (κ2) is 2.47. The summed E-state index contributed by atoms with van der Waals surface area (Å²) < 4.78 is 2.48. The Kier molecular flexibility index (Phi) is 1.39. The largest absolute Gasteiger partial charge is 0.499 e. The highest BCUT2D eigenvalue weighted by Gasteiger charge is 2.05. The van der Waals surface area contributed by atoms with Crippen LogP contribution in [0.2, 0.25) is 0 Å². The van der Waals surface area contributed by atoms with Crippen molar-refractivity contribution in [1.82, 2.24) is 0 Å². The van der Waals surface area contributed by atoms with Crippen molar-refractivity contribution in [3.05, 3.63) is 29.6 Å². The first-order chi connectivity index (χ1) is 6.34. The number of hydrogen-bond acceptors (Lipinski definition) is 3. The summed E-state index contributed by atoms with van der Waals surface area (Å²) in [5.41, 5.74) is 0. The zero-order valence-corrected chi connectivity index (χ0v) is 8.28. The third kappa shape index (κ3) is 0.975. The Morgan fingerprint density at radius 2 is 1.85 bits per heavy atom. The van der Waals surface area contributed by atoms with E-state index in [2.05, 4.69) is 23.6 Å². The molecular formula is C10H6OS2. The van der Waals surface area contributed by atoms with Crippen LogP contribution in [0.15, 0.2) is 29.6 Å². The minimum atomic E-state index is 0.399. The molecule has 1 aromatic carbocycles. The zero-order valence-electron chi connectivity index (χ0n) is 6.65. The lowest BCUT2D eigenvalue weighted by Crippen LogP contribution is -1.62. The second-order valence-electron chi connectivity index (χ2n) is 2.91. The SMILES string of the molecule is Oc1cc2ccc3ccsc3c2s1. The number of aromatic hydroxyl groups is 1. The van der Waals surface area contributed by atoms with Gasteiger partial charge in [0, 0.05) is 0 Å². The van der Waals surface area contributed by atoms with E-state index in [0.717, 1.165) is 5.39 Å². The van der Waals surface area contributed by atoms with Gasteiger partial charge in [0.15, 0.2) is 5.06 Å². The summed E-state index contributed by atoms with van der Waals surface area (Å²) in [5.74, 6) is 0. The van der Waals surface area contributed by atoms with Gasteiger partial charge in [-0.25, -0.2) is 0 Å². The summed E-state index contributed by atoms with van der Waals surface area (Å²) in [5, 5.41) is 14.3. The van der Waals surface area contributed by atoms with Crippen LogP contribution >= 0.6 is 22.7 Å². The summed E-state index contributed by atoms with van der Waals surface area (Å²) in [6.07, 6.45) is 0. The fraction of sp³-hybridized carbons (Fsp3) is 0. The lowest BCUT2D eigenvalue weighted by atomic mass is 10.2. The van der Waals surface area contributed by atoms with Crippen LogP contribution in [0.3, 0.4) is 0 Å². The molecule has 1 nitrogen and oxygen atoms in total. The number of benzene rings is 1. The maximum absolute atomic E-state index is 9.38. The minimum absolute atomic E-state index is 0.399. The molecule has 64 valence electrons. The Morgan fingerprint density at radius 1 is 1.00 bits per heavy atom. The first-order valence-corrected chi connectivity index (χ1v) is 5.63. The van der Waals surface area contributed by atoms with Crippen LogP contribution < -0.4 is 0 Å². The fourth-order valence-electron chi connectivity index (χ4n) is 1.51. The van der Waals surface area contributed by atoms with Gasteiger partial charge in [-0.15, -0.1) is 11.3 Å². The van der Waals surface area contributed by atoms with E-state index in [1.54, 1.807) is 11.3 Å². The highest BCUT2D eigenvalue weighted by Crippen LogP contribution is 2.38. The average Bonchev–Trinajstić information content (AvgIpc) is 2.65. The molecule has 0 aliphatic heterocycles. The van der Waals surface area contributed by atoms with Crippen molar-refractivity contribution in [2.45, 2.75) is 0 Å². The molecule has 0 bridgehead atoms. The van der Waals surface area contributed by atoms with Gasteiger partial charge < -0.3 is 5.11 Å². The molecule has 0 aliphatic carbocycles. The highest BCUT2D eigenvalue weighted by molar-refractivity contribution is 7.27. The molecule has 0 spiro atoms. The molecule has 1 N–H and O–H groups in total. The van der Waals surface area contributed by atoms with E-state index in [-0.39, 0.29) is 0 Å². The summed E-state index contributed by atoms with van der Waals surface area (Å²) in [6.45, 7) is 0. The van der Waals surface area contributed by atoms with E-state index in [1.165, 1.54) is 26.1 Å². The number of fused-ring (bicyclic) bond motifs is 3. The molecule has 0 saturated carbocycles. The van der Waals surface area contributed by atoms with Crippen LogP contribution in [-0.2, 0) is 0 Å². The van der Waals surface area contributed by atoms with Crippen LogP contribution in [0, 0.1) is 0 Å². The van der Waals surface area contributed by atoms with Crippen molar-refractivity contribution in [2.75, 3.05) is 0 Å². The van der Waals surface area contributed by atoms with Gasteiger partial charge in [0.2, 0.25) is 0 Å². The molecule has 0 atom stereocenters. The Labute approximate surface area is 82.9 Å². The molecule has 0 fully saturated rings. The molecule has 0 aliphatic rings. The molecule has 2 heterocycles. The van der Waals surface area contributed by atoms with Crippen LogP contribution in [0.4, 0.5) is 0 Å². The second-order valence-corrected chi connectivity index (χ2v) is 4.85. The van der Waals surface area contributed by atoms with Gasteiger partial charge in [-0.05, 0) is 28.3 Å². The van der Waals surface area contributed by atoms with Crippen LogP contribution in [0.5, 0.6) is 5.06 Å². The highest BCUT2D eigenvalue weighted by atomic mass is 32.1.